The number of amides is 1. The van der Waals surface area contributed by atoms with Gasteiger partial charge in [0.05, 0.1) is 33.8 Å². The van der Waals surface area contributed by atoms with Crippen molar-refractivity contribution in [3.05, 3.63) is 60.8 Å². The van der Waals surface area contributed by atoms with Gasteiger partial charge in [0.1, 0.15) is 19.3 Å². The molecule has 0 aromatic rings. The lowest BCUT2D eigenvalue weighted by Gasteiger charge is -2.30. The largest absolute Gasteiger partial charge is 0.756 e. The molecule has 3 atom stereocenters. The number of nitrogens with zero attached hydrogens (tertiary/aromatic N) is 1. The third kappa shape index (κ3) is 54.5. The normalized spacial score (nSPS) is 14.1. The number of likely N-dealkylation sites (N-methyl/N-ethyl adjacent to an activating group) is 1. The summed E-state index contributed by atoms with van der Waals surface area (Å²) >= 11 is 0. The quantitative estimate of drug-likeness (QED) is 0.0212. The van der Waals surface area contributed by atoms with E-state index in [1.165, 1.54) is 167 Å². The fourth-order valence-corrected chi connectivity index (χ4v) is 9.58. The van der Waals surface area contributed by atoms with Gasteiger partial charge in [-0.05, 0) is 76.7 Å². The zero-order chi connectivity index (χ0) is 54.3. The molecule has 1 amide bonds. The van der Waals surface area contributed by atoms with Gasteiger partial charge >= 0.3 is 5.97 Å². The van der Waals surface area contributed by atoms with Crippen molar-refractivity contribution in [1.29, 1.82) is 0 Å². The molecule has 0 saturated heterocycles. The van der Waals surface area contributed by atoms with Gasteiger partial charge in [-0.25, -0.2) is 0 Å². The number of quaternary nitrogens is 1. The number of carbonyl (C=O) groups is 2. The molecule has 74 heavy (non-hydrogen) atoms. The van der Waals surface area contributed by atoms with Gasteiger partial charge in [0.15, 0.2) is 0 Å². The van der Waals surface area contributed by atoms with Gasteiger partial charge in [0, 0.05) is 12.8 Å². The minimum absolute atomic E-state index is 0.0289. The maximum absolute atomic E-state index is 13.5. The number of esters is 1. The van der Waals surface area contributed by atoms with Crippen LogP contribution >= 0.6 is 7.82 Å². The molecule has 0 fully saturated rings. The summed E-state index contributed by atoms with van der Waals surface area (Å²) in [7, 11) is 1.17. The predicted octanol–water partition coefficient (Wildman–Crippen LogP) is 18.4. The Morgan fingerprint density at radius 3 is 1.27 bits per heavy atom. The minimum Gasteiger partial charge on any atom is -0.756 e. The summed E-state index contributed by atoms with van der Waals surface area (Å²) in [5.74, 6) is -0.569. The van der Waals surface area contributed by atoms with Gasteiger partial charge in [-0.2, -0.15) is 0 Å². The van der Waals surface area contributed by atoms with Crippen molar-refractivity contribution in [3.8, 4) is 0 Å². The van der Waals surface area contributed by atoms with E-state index in [-0.39, 0.29) is 31.3 Å². The number of phosphoric ester groups is 1. The number of hydrogen-bond donors (Lipinski definition) is 1. The highest BCUT2D eigenvalue weighted by Gasteiger charge is 2.27. The van der Waals surface area contributed by atoms with Gasteiger partial charge in [0.25, 0.3) is 7.82 Å². The van der Waals surface area contributed by atoms with E-state index in [1.807, 2.05) is 33.3 Å². The Hall–Kier alpha value is -2.29. The Balaban J connectivity index is 5.31. The number of rotatable bonds is 56. The lowest BCUT2D eigenvalue weighted by Crippen LogP contribution is -2.47. The molecule has 0 saturated carbocycles. The molecule has 10 heteroatoms. The molecule has 0 rings (SSSR count). The van der Waals surface area contributed by atoms with E-state index < -0.39 is 26.6 Å². The first-order valence-corrected chi connectivity index (χ1v) is 32.6. The van der Waals surface area contributed by atoms with Gasteiger partial charge in [0.2, 0.25) is 5.91 Å². The van der Waals surface area contributed by atoms with Crippen molar-refractivity contribution >= 4 is 19.7 Å². The van der Waals surface area contributed by atoms with Gasteiger partial charge < -0.3 is 28.5 Å². The van der Waals surface area contributed by atoms with Crippen LogP contribution in [0.2, 0.25) is 0 Å². The molecule has 0 bridgehead atoms. The van der Waals surface area contributed by atoms with Crippen molar-refractivity contribution in [2.45, 2.75) is 296 Å². The monoisotopic (exact) mass is 1060 g/mol. The SMILES string of the molecule is CCCCC/C=C\C/C=C\C/C=C\C/C=C\CCCCCC(=O)NC(COP(=O)([O-])OCC[N+](C)(C)C)C(/C=C/CCCCCCCCCCCC)OC(=O)CCCCCCCCCCCCCCCCCCC. The lowest BCUT2D eigenvalue weighted by molar-refractivity contribution is -0.870. The minimum atomic E-state index is -4.71. The summed E-state index contributed by atoms with van der Waals surface area (Å²) in [5, 5.41) is 3.01. The molecule has 0 heterocycles. The molecule has 0 aromatic carbocycles. The smallest absolute Gasteiger partial charge is 0.306 e. The van der Waals surface area contributed by atoms with Crippen LogP contribution in [-0.2, 0) is 27.9 Å². The fourth-order valence-electron chi connectivity index (χ4n) is 8.86. The molecule has 0 aliphatic heterocycles. The van der Waals surface area contributed by atoms with Crippen molar-refractivity contribution in [3.63, 3.8) is 0 Å². The number of unbranched alkanes of at least 4 members (excludes halogenated alkanes) is 32. The highest BCUT2D eigenvalue weighted by atomic mass is 31.2. The van der Waals surface area contributed by atoms with E-state index in [9.17, 15) is 19.0 Å². The van der Waals surface area contributed by atoms with Crippen LogP contribution in [0, 0.1) is 0 Å². The zero-order valence-corrected chi connectivity index (χ0v) is 50.2. The van der Waals surface area contributed by atoms with Crippen molar-refractivity contribution < 1.29 is 37.3 Å². The molecule has 3 unspecified atom stereocenters. The molecule has 0 aliphatic carbocycles. The zero-order valence-electron chi connectivity index (χ0n) is 49.3. The third-order valence-corrected chi connectivity index (χ3v) is 14.7. The summed E-state index contributed by atoms with van der Waals surface area (Å²) in [6.07, 6.45) is 67.5. The molecule has 1 N–H and O–H groups in total. The van der Waals surface area contributed by atoms with Crippen LogP contribution in [0.15, 0.2) is 60.8 Å². The predicted molar refractivity (Wildman–Crippen MR) is 316 cm³/mol. The topological polar surface area (TPSA) is 114 Å². The van der Waals surface area contributed by atoms with E-state index in [0.29, 0.717) is 17.4 Å². The van der Waals surface area contributed by atoms with E-state index in [4.69, 9.17) is 13.8 Å². The van der Waals surface area contributed by atoms with Crippen LogP contribution in [-0.4, -0.2) is 69.4 Å². The van der Waals surface area contributed by atoms with Crippen molar-refractivity contribution in [2.24, 2.45) is 0 Å². The first kappa shape index (κ1) is 71.7. The van der Waals surface area contributed by atoms with Crippen molar-refractivity contribution in [2.75, 3.05) is 40.9 Å². The van der Waals surface area contributed by atoms with E-state index in [1.54, 1.807) is 0 Å². The summed E-state index contributed by atoms with van der Waals surface area (Å²) in [5.41, 5.74) is 0. The summed E-state index contributed by atoms with van der Waals surface area (Å²) < 4.78 is 30.3. The molecule has 432 valence electrons. The maximum atomic E-state index is 13.5. The number of allylic oxidation sites excluding steroid dienone is 9. The van der Waals surface area contributed by atoms with E-state index >= 15 is 0 Å². The average molecular weight is 1060 g/mol. The summed E-state index contributed by atoms with van der Waals surface area (Å²) in [6, 6.07) is -0.904. The molecule has 0 aromatic heterocycles. The van der Waals surface area contributed by atoms with Crippen molar-refractivity contribution in [1.82, 2.24) is 5.32 Å². The van der Waals surface area contributed by atoms with Crippen LogP contribution in [0.4, 0.5) is 0 Å². The first-order chi connectivity index (χ1) is 35.9. The van der Waals surface area contributed by atoms with Crippen LogP contribution in [0.1, 0.15) is 284 Å². The standard InChI is InChI=1S/C64H119N2O7P/c1-7-10-13-16-19-22-25-28-30-32-33-35-36-38-41-44-47-50-53-56-63(67)65-61(60-72-74(69,70)71-59-58-66(4,5)6)62(55-52-49-46-43-40-27-24-21-18-15-12-9-3)73-64(68)57-54-51-48-45-42-39-37-34-31-29-26-23-20-17-14-11-8-2/h19,22,28,30,33,35,38,41,52,55,61-62H,7-18,20-21,23-27,29,31-32,34,36-37,39-40,42-51,53-54,56-60H2,1-6H3,(H-,65,67,69,70)/b22-19-,30-28-,35-33-,41-38-,55-52+. The Morgan fingerprint density at radius 2 is 0.824 bits per heavy atom. The van der Waals surface area contributed by atoms with Crippen LogP contribution in [0.25, 0.3) is 0 Å². The molecular weight excluding hydrogens is 940 g/mol. The number of nitrogens with one attached hydrogen (secondary N) is 1. The van der Waals surface area contributed by atoms with Gasteiger partial charge in [-0.3, -0.25) is 14.2 Å². The van der Waals surface area contributed by atoms with E-state index in [0.717, 1.165) is 77.0 Å². The van der Waals surface area contributed by atoms with Crippen LogP contribution in [0.5, 0.6) is 0 Å². The molecule has 0 spiro atoms. The number of phosphoric acid groups is 1. The number of hydrogen-bond acceptors (Lipinski definition) is 7. The van der Waals surface area contributed by atoms with E-state index in [2.05, 4.69) is 74.7 Å². The Labute approximate surface area is 458 Å². The second-order valence-corrected chi connectivity index (χ2v) is 23.6. The summed E-state index contributed by atoms with van der Waals surface area (Å²) in [6.45, 7) is 6.81. The average Bonchev–Trinajstić information content (AvgIpc) is 3.36. The van der Waals surface area contributed by atoms with Gasteiger partial charge in [-0.15, -0.1) is 0 Å². The number of carbonyl (C=O) groups excluding carboxylic acids is 2. The molecule has 9 nitrogen and oxygen atoms in total. The Morgan fingerprint density at radius 1 is 0.473 bits per heavy atom. The summed E-state index contributed by atoms with van der Waals surface area (Å²) in [4.78, 5) is 40.0. The lowest BCUT2D eigenvalue weighted by atomic mass is 10.0. The Kier molecular flexibility index (Phi) is 52.4. The number of ether oxygens (including phenoxy) is 1. The Bertz CT molecular complexity index is 1450. The first-order valence-electron chi connectivity index (χ1n) is 31.1. The fraction of sp³-hybridized carbons (Fsp3) is 0.812. The van der Waals surface area contributed by atoms with Crippen LogP contribution < -0.4 is 10.2 Å². The molecule has 0 aliphatic rings. The van der Waals surface area contributed by atoms with Crippen LogP contribution in [0.3, 0.4) is 0 Å². The highest BCUT2D eigenvalue weighted by Crippen LogP contribution is 2.38. The second kappa shape index (κ2) is 54.1. The molecular formula is C64H119N2O7P. The third-order valence-electron chi connectivity index (χ3n) is 13.7. The maximum Gasteiger partial charge on any atom is 0.306 e. The highest BCUT2D eigenvalue weighted by molar-refractivity contribution is 7.45. The molecule has 0 radical (unpaired) electrons. The van der Waals surface area contributed by atoms with Gasteiger partial charge in [-0.1, -0.05) is 255 Å². The second-order valence-electron chi connectivity index (χ2n) is 22.2.